The molecule has 2 aliphatic heterocycles. The number of hydrogen-bond acceptors (Lipinski definition) is 4. The molecule has 0 bridgehead atoms. The summed E-state index contributed by atoms with van der Waals surface area (Å²) in [7, 11) is 0.0930. The molecule has 7 heteroatoms. The van der Waals surface area contributed by atoms with Crippen LogP contribution in [0.15, 0.2) is 29.2 Å². The normalized spacial score (nSPS) is 29.6. The van der Waals surface area contributed by atoms with Crippen LogP contribution in [-0.4, -0.2) is 64.6 Å². The summed E-state index contributed by atoms with van der Waals surface area (Å²) in [5.41, 5.74) is -0.0643. The van der Waals surface area contributed by atoms with Crippen LogP contribution in [0.2, 0.25) is 0 Å². The van der Waals surface area contributed by atoms with Crippen molar-refractivity contribution in [1.29, 1.82) is 0 Å². The van der Waals surface area contributed by atoms with Gasteiger partial charge in [0.05, 0.1) is 11.5 Å². The first kappa shape index (κ1) is 16.8. The third-order valence-corrected chi connectivity index (χ3v) is 6.98. The number of rotatable bonds is 4. The Labute approximate surface area is 137 Å². The van der Waals surface area contributed by atoms with E-state index < -0.39 is 15.8 Å². The van der Waals surface area contributed by atoms with E-state index in [0.717, 1.165) is 25.6 Å². The van der Waals surface area contributed by atoms with Gasteiger partial charge in [0.1, 0.15) is 5.82 Å². The summed E-state index contributed by atoms with van der Waals surface area (Å²) in [6.07, 6.45) is 0.819. The number of nitrogens with zero attached hydrogens (tertiary/aromatic N) is 2. The number of likely N-dealkylation sites (tertiary alicyclic amines) is 1. The fraction of sp³-hybridized carbons (Fsp3) is 0.625. The number of methoxy groups -OCH3 is 1. The summed E-state index contributed by atoms with van der Waals surface area (Å²) in [6, 6.07) is 5.24. The second-order valence-electron chi connectivity index (χ2n) is 6.76. The van der Waals surface area contributed by atoms with Crippen molar-refractivity contribution in [3.8, 4) is 0 Å². The lowest BCUT2D eigenvalue weighted by Crippen LogP contribution is -2.38. The first-order valence-corrected chi connectivity index (χ1v) is 9.25. The standard InChI is InChI=1S/C16H23FN2O3S/c1-18-9-13(10-22-2)16(11-18)6-7-19(12-16)23(20,21)15-5-3-4-14(17)8-15/h3-5,8,13H,6-7,9-12H2,1-2H3/t13-,16-/m0/s1. The van der Waals surface area contributed by atoms with Gasteiger partial charge >= 0.3 is 0 Å². The molecule has 2 saturated heterocycles. The first-order chi connectivity index (χ1) is 10.9. The highest BCUT2D eigenvalue weighted by Crippen LogP contribution is 2.44. The van der Waals surface area contributed by atoms with Crippen molar-refractivity contribution in [2.24, 2.45) is 11.3 Å². The fourth-order valence-corrected chi connectivity index (χ4v) is 5.60. The largest absolute Gasteiger partial charge is 0.384 e. The van der Waals surface area contributed by atoms with E-state index in [1.165, 1.54) is 22.5 Å². The van der Waals surface area contributed by atoms with Crippen LogP contribution in [0.25, 0.3) is 0 Å². The third kappa shape index (κ3) is 3.03. The van der Waals surface area contributed by atoms with Crippen LogP contribution in [0.1, 0.15) is 6.42 Å². The average Bonchev–Trinajstić information content (AvgIpc) is 3.05. The van der Waals surface area contributed by atoms with Crippen LogP contribution >= 0.6 is 0 Å². The minimum Gasteiger partial charge on any atom is -0.384 e. The molecule has 1 aromatic rings. The molecule has 2 fully saturated rings. The van der Waals surface area contributed by atoms with E-state index in [9.17, 15) is 12.8 Å². The highest BCUT2D eigenvalue weighted by molar-refractivity contribution is 7.89. The quantitative estimate of drug-likeness (QED) is 0.830. The van der Waals surface area contributed by atoms with E-state index in [2.05, 4.69) is 11.9 Å². The maximum atomic E-state index is 13.4. The number of halogens is 1. The number of ether oxygens (including phenoxy) is 1. The van der Waals surface area contributed by atoms with Gasteiger partial charge < -0.3 is 9.64 Å². The Morgan fingerprint density at radius 3 is 2.87 bits per heavy atom. The smallest absolute Gasteiger partial charge is 0.243 e. The molecule has 2 atom stereocenters. The number of hydrogen-bond donors (Lipinski definition) is 0. The van der Waals surface area contributed by atoms with E-state index in [4.69, 9.17) is 4.74 Å². The van der Waals surface area contributed by atoms with Crippen LogP contribution in [0.5, 0.6) is 0 Å². The van der Waals surface area contributed by atoms with Gasteiger partial charge in [-0.05, 0) is 31.7 Å². The lowest BCUT2D eigenvalue weighted by molar-refractivity contribution is 0.101. The summed E-state index contributed by atoms with van der Waals surface area (Å²) in [6.45, 7) is 3.38. The van der Waals surface area contributed by atoms with Crippen LogP contribution < -0.4 is 0 Å². The number of benzene rings is 1. The van der Waals surface area contributed by atoms with Gasteiger partial charge in [0.25, 0.3) is 0 Å². The second-order valence-corrected chi connectivity index (χ2v) is 8.70. The summed E-state index contributed by atoms with van der Waals surface area (Å²) in [5.74, 6) is -0.206. The van der Waals surface area contributed by atoms with Gasteiger partial charge in [0.2, 0.25) is 10.0 Å². The third-order valence-electron chi connectivity index (χ3n) is 5.13. The fourth-order valence-electron chi connectivity index (χ4n) is 4.03. The molecule has 0 amide bonds. The topological polar surface area (TPSA) is 49.9 Å². The molecule has 23 heavy (non-hydrogen) atoms. The van der Waals surface area contributed by atoms with Gasteiger partial charge in [0, 0.05) is 44.6 Å². The molecule has 128 valence electrons. The Morgan fingerprint density at radius 1 is 1.39 bits per heavy atom. The predicted molar refractivity (Wildman–Crippen MR) is 85.1 cm³/mol. The molecule has 5 nitrogen and oxygen atoms in total. The lowest BCUT2D eigenvalue weighted by Gasteiger charge is -2.30. The van der Waals surface area contributed by atoms with Gasteiger partial charge in [0.15, 0.2) is 0 Å². The molecular weight excluding hydrogens is 319 g/mol. The van der Waals surface area contributed by atoms with E-state index >= 15 is 0 Å². The van der Waals surface area contributed by atoms with E-state index in [1.807, 2.05) is 0 Å². The Morgan fingerprint density at radius 2 is 2.17 bits per heavy atom. The maximum Gasteiger partial charge on any atom is 0.243 e. The zero-order chi connectivity index (χ0) is 16.7. The van der Waals surface area contributed by atoms with Crippen molar-refractivity contribution < 1.29 is 17.5 Å². The van der Waals surface area contributed by atoms with Crippen molar-refractivity contribution in [1.82, 2.24) is 9.21 Å². The van der Waals surface area contributed by atoms with Gasteiger partial charge in [-0.25, -0.2) is 12.8 Å². The molecule has 2 heterocycles. The Bertz CT molecular complexity index is 682. The van der Waals surface area contributed by atoms with E-state index in [-0.39, 0.29) is 10.3 Å². The van der Waals surface area contributed by atoms with E-state index in [1.54, 1.807) is 7.11 Å². The highest BCUT2D eigenvalue weighted by atomic mass is 32.2. The summed E-state index contributed by atoms with van der Waals surface area (Å²) < 4.78 is 45.8. The molecule has 0 aliphatic carbocycles. The van der Waals surface area contributed by atoms with Crippen molar-refractivity contribution in [2.45, 2.75) is 11.3 Å². The molecule has 0 aromatic heterocycles. The lowest BCUT2D eigenvalue weighted by atomic mass is 9.78. The van der Waals surface area contributed by atoms with Crippen molar-refractivity contribution in [3.05, 3.63) is 30.1 Å². The zero-order valence-electron chi connectivity index (χ0n) is 13.5. The second kappa shape index (κ2) is 6.12. The molecule has 3 rings (SSSR count). The van der Waals surface area contributed by atoms with Crippen LogP contribution in [-0.2, 0) is 14.8 Å². The van der Waals surface area contributed by atoms with Gasteiger partial charge in [-0.15, -0.1) is 0 Å². The summed E-state index contributed by atoms with van der Waals surface area (Å²) in [5, 5.41) is 0. The Hall–Kier alpha value is -1.02. The van der Waals surface area contributed by atoms with Crippen LogP contribution in [0.3, 0.4) is 0 Å². The maximum absolute atomic E-state index is 13.4. The molecule has 0 radical (unpaired) electrons. The van der Waals surface area contributed by atoms with Crippen molar-refractivity contribution in [3.63, 3.8) is 0 Å². The number of sulfonamides is 1. The average molecular weight is 342 g/mol. The van der Waals surface area contributed by atoms with Crippen LogP contribution in [0, 0.1) is 17.2 Å². The molecular formula is C16H23FN2O3S. The van der Waals surface area contributed by atoms with Crippen molar-refractivity contribution in [2.75, 3.05) is 46.9 Å². The Balaban J connectivity index is 1.84. The monoisotopic (exact) mass is 342 g/mol. The molecule has 1 aromatic carbocycles. The van der Waals surface area contributed by atoms with Gasteiger partial charge in [-0.3, -0.25) is 0 Å². The summed E-state index contributed by atoms with van der Waals surface area (Å²) >= 11 is 0. The van der Waals surface area contributed by atoms with Gasteiger partial charge in [-0.2, -0.15) is 4.31 Å². The highest BCUT2D eigenvalue weighted by Gasteiger charge is 2.51. The first-order valence-electron chi connectivity index (χ1n) is 7.81. The van der Waals surface area contributed by atoms with Crippen molar-refractivity contribution >= 4 is 10.0 Å². The molecule has 1 spiro atoms. The zero-order valence-corrected chi connectivity index (χ0v) is 14.4. The minimum absolute atomic E-state index is 0.0317. The van der Waals surface area contributed by atoms with E-state index in [0.29, 0.717) is 25.6 Å². The molecule has 0 unspecified atom stereocenters. The molecule has 0 saturated carbocycles. The SMILES string of the molecule is COC[C@@H]1CN(C)C[C@]12CCN(S(=O)(=O)c1cccc(F)c1)C2. The summed E-state index contributed by atoms with van der Waals surface area (Å²) in [4.78, 5) is 2.27. The predicted octanol–water partition coefficient (Wildman–Crippen LogP) is 1.41. The van der Waals surface area contributed by atoms with Crippen LogP contribution in [0.4, 0.5) is 4.39 Å². The van der Waals surface area contributed by atoms with Gasteiger partial charge in [-0.1, -0.05) is 6.07 Å². The molecule has 2 aliphatic rings. The molecule has 0 N–H and O–H groups in total. The Kier molecular flexibility index (Phi) is 4.48. The minimum atomic E-state index is -3.65.